The highest BCUT2D eigenvalue weighted by atomic mass is 35.5. The molecule has 21 heavy (non-hydrogen) atoms. The molecule has 0 bridgehead atoms. The fraction of sp³-hybridized carbons (Fsp3) is 0.533. The van der Waals surface area contributed by atoms with Crippen LogP contribution < -0.4 is 0 Å². The zero-order valence-corrected chi connectivity index (χ0v) is 12.5. The van der Waals surface area contributed by atoms with Crippen LogP contribution in [0.2, 0.25) is 0 Å². The van der Waals surface area contributed by atoms with Gasteiger partial charge in [0.05, 0.1) is 17.5 Å². The molecule has 0 N–H and O–H groups in total. The molecule has 114 valence electrons. The van der Waals surface area contributed by atoms with E-state index in [0.717, 1.165) is 12.7 Å². The molecule has 2 aromatic rings. The van der Waals surface area contributed by atoms with Crippen LogP contribution in [0.5, 0.6) is 0 Å². The van der Waals surface area contributed by atoms with Gasteiger partial charge in [-0.3, -0.25) is 0 Å². The van der Waals surface area contributed by atoms with E-state index in [0.29, 0.717) is 30.4 Å². The van der Waals surface area contributed by atoms with E-state index in [2.05, 4.69) is 4.98 Å². The van der Waals surface area contributed by atoms with Crippen molar-refractivity contribution in [3.05, 3.63) is 29.6 Å². The van der Waals surface area contributed by atoms with Crippen molar-refractivity contribution in [1.29, 1.82) is 0 Å². The fourth-order valence-electron chi connectivity index (χ4n) is 2.40. The first-order valence-electron chi connectivity index (χ1n) is 7.14. The number of benzene rings is 1. The quantitative estimate of drug-likeness (QED) is 0.594. The third-order valence-corrected chi connectivity index (χ3v) is 3.89. The van der Waals surface area contributed by atoms with Crippen molar-refractivity contribution in [3.63, 3.8) is 0 Å². The Morgan fingerprint density at radius 2 is 2.19 bits per heavy atom. The predicted molar refractivity (Wildman–Crippen MR) is 77.5 cm³/mol. The van der Waals surface area contributed by atoms with Crippen molar-refractivity contribution in [3.8, 4) is 0 Å². The standard InChI is InChI=1S/C15H17ClF2N2O/c1-9(16)15-19-12-5-4-11(17)13(18)14(12)20(15)6-7-21-8-10-2-3-10/h4-5,9-10H,2-3,6-8H2,1H3. The maximum Gasteiger partial charge on any atom is 0.184 e. The van der Waals surface area contributed by atoms with Gasteiger partial charge in [0, 0.05) is 13.2 Å². The second kappa shape index (κ2) is 5.89. The number of rotatable bonds is 6. The van der Waals surface area contributed by atoms with E-state index in [-0.39, 0.29) is 10.9 Å². The molecule has 0 aliphatic heterocycles. The van der Waals surface area contributed by atoms with Crippen LogP contribution in [-0.4, -0.2) is 22.8 Å². The maximum atomic E-state index is 14.1. The molecule has 1 saturated carbocycles. The number of imidazole rings is 1. The van der Waals surface area contributed by atoms with Crippen LogP contribution >= 0.6 is 11.6 Å². The highest BCUT2D eigenvalue weighted by Gasteiger charge is 2.22. The largest absolute Gasteiger partial charge is 0.379 e. The van der Waals surface area contributed by atoms with Gasteiger partial charge in [-0.1, -0.05) is 0 Å². The minimum Gasteiger partial charge on any atom is -0.379 e. The van der Waals surface area contributed by atoms with Gasteiger partial charge in [-0.05, 0) is 37.8 Å². The smallest absolute Gasteiger partial charge is 0.184 e. The maximum absolute atomic E-state index is 14.1. The summed E-state index contributed by atoms with van der Waals surface area (Å²) in [5.41, 5.74) is 0.575. The Bertz CT molecular complexity index is 653. The van der Waals surface area contributed by atoms with Crippen molar-refractivity contribution in [2.75, 3.05) is 13.2 Å². The molecule has 1 aromatic carbocycles. The summed E-state index contributed by atoms with van der Waals surface area (Å²) in [5, 5.41) is -0.386. The number of hydrogen-bond donors (Lipinski definition) is 0. The van der Waals surface area contributed by atoms with Crippen LogP contribution in [0.4, 0.5) is 8.78 Å². The normalized spacial score (nSPS) is 16.6. The van der Waals surface area contributed by atoms with Gasteiger partial charge in [0.15, 0.2) is 11.6 Å². The van der Waals surface area contributed by atoms with E-state index in [1.807, 2.05) is 0 Å². The van der Waals surface area contributed by atoms with Gasteiger partial charge in [-0.2, -0.15) is 0 Å². The molecule has 0 amide bonds. The van der Waals surface area contributed by atoms with E-state index in [4.69, 9.17) is 16.3 Å². The predicted octanol–water partition coefficient (Wildman–Crippen LogP) is 4.04. The van der Waals surface area contributed by atoms with Crippen LogP contribution in [0, 0.1) is 17.6 Å². The number of fused-ring (bicyclic) bond motifs is 1. The molecule has 1 unspecified atom stereocenters. The first-order chi connectivity index (χ1) is 10.1. The van der Waals surface area contributed by atoms with Gasteiger partial charge < -0.3 is 9.30 Å². The van der Waals surface area contributed by atoms with Gasteiger partial charge in [0.1, 0.15) is 11.3 Å². The van der Waals surface area contributed by atoms with E-state index in [1.54, 1.807) is 11.5 Å². The lowest BCUT2D eigenvalue weighted by molar-refractivity contribution is 0.117. The molecule has 1 atom stereocenters. The molecule has 3 nitrogen and oxygen atoms in total. The summed E-state index contributed by atoms with van der Waals surface area (Å²) in [6.07, 6.45) is 2.44. The monoisotopic (exact) mass is 314 g/mol. The molecule has 0 radical (unpaired) electrons. The van der Waals surface area contributed by atoms with Crippen molar-refractivity contribution >= 4 is 22.6 Å². The first-order valence-corrected chi connectivity index (χ1v) is 7.57. The molecule has 1 aromatic heterocycles. The number of aromatic nitrogens is 2. The molecular formula is C15H17ClF2N2O. The lowest BCUT2D eigenvalue weighted by Gasteiger charge is -2.11. The average molecular weight is 315 g/mol. The van der Waals surface area contributed by atoms with Crippen LogP contribution in [0.25, 0.3) is 11.0 Å². The topological polar surface area (TPSA) is 27.1 Å². The number of ether oxygens (including phenoxy) is 1. The Labute approximate surface area is 126 Å². The Morgan fingerprint density at radius 3 is 2.86 bits per heavy atom. The SMILES string of the molecule is CC(Cl)c1nc2ccc(F)c(F)c2n1CCOCC1CC1. The summed E-state index contributed by atoms with van der Waals surface area (Å²) in [4.78, 5) is 4.31. The number of hydrogen-bond acceptors (Lipinski definition) is 2. The minimum atomic E-state index is -0.884. The Balaban J connectivity index is 1.88. The minimum absolute atomic E-state index is 0.160. The van der Waals surface area contributed by atoms with E-state index in [1.165, 1.54) is 18.9 Å². The third-order valence-electron chi connectivity index (χ3n) is 3.69. The molecule has 1 fully saturated rings. The summed E-state index contributed by atoms with van der Waals surface area (Å²) >= 11 is 6.10. The van der Waals surface area contributed by atoms with Crippen molar-refractivity contribution < 1.29 is 13.5 Å². The molecule has 3 rings (SSSR count). The average Bonchev–Trinajstić information content (AvgIpc) is 3.19. The molecule has 1 heterocycles. The van der Waals surface area contributed by atoms with Gasteiger partial charge in [-0.25, -0.2) is 13.8 Å². The van der Waals surface area contributed by atoms with E-state index in [9.17, 15) is 8.78 Å². The van der Waals surface area contributed by atoms with Crippen LogP contribution in [-0.2, 0) is 11.3 Å². The molecule has 0 saturated heterocycles. The zero-order chi connectivity index (χ0) is 15.0. The van der Waals surface area contributed by atoms with Crippen molar-refractivity contribution in [1.82, 2.24) is 9.55 Å². The van der Waals surface area contributed by atoms with Gasteiger partial charge in [0.25, 0.3) is 0 Å². The molecule has 1 aliphatic carbocycles. The van der Waals surface area contributed by atoms with Gasteiger partial charge >= 0.3 is 0 Å². The first kappa shape index (κ1) is 14.7. The van der Waals surface area contributed by atoms with E-state index < -0.39 is 11.6 Å². The fourth-order valence-corrected chi connectivity index (χ4v) is 2.56. The van der Waals surface area contributed by atoms with E-state index >= 15 is 0 Å². The summed E-state index contributed by atoms with van der Waals surface area (Å²) in [6.45, 7) is 3.35. The van der Waals surface area contributed by atoms with Crippen molar-refractivity contribution in [2.45, 2.75) is 31.7 Å². The molecule has 6 heteroatoms. The number of nitrogens with zero attached hydrogens (tertiary/aromatic N) is 2. The lowest BCUT2D eigenvalue weighted by Crippen LogP contribution is -2.11. The Kier molecular flexibility index (Phi) is 4.13. The Morgan fingerprint density at radius 1 is 1.43 bits per heavy atom. The molecule has 0 spiro atoms. The summed E-state index contributed by atoms with van der Waals surface area (Å²) in [7, 11) is 0. The van der Waals surface area contributed by atoms with Gasteiger partial charge in [0.2, 0.25) is 0 Å². The third kappa shape index (κ3) is 3.04. The number of alkyl halides is 1. The van der Waals surface area contributed by atoms with Crippen LogP contribution in [0.3, 0.4) is 0 Å². The second-order valence-electron chi connectivity index (χ2n) is 5.49. The summed E-state index contributed by atoms with van der Waals surface area (Å²) in [6, 6.07) is 2.55. The Hall–Kier alpha value is -1.20. The highest BCUT2D eigenvalue weighted by Crippen LogP contribution is 2.29. The molecule has 1 aliphatic rings. The lowest BCUT2D eigenvalue weighted by atomic mass is 10.3. The number of halogens is 3. The van der Waals surface area contributed by atoms with Gasteiger partial charge in [-0.15, -0.1) is 11.6 Å². The summed E-state index contributed by atoms with van der Waals surface area (Å²) in [5.74, 6) is -0.557. The zero-order valence-electron chi connectivity index (χ0n) is 11.8. The van der Waals surface area contributed by atoms with Crippen LogP contribution in [0.15, 0.2) is 12.1 Å². The summed E-state index contributed by atoms with van der Waals surface area (Å²) < 4.78 is 34.7. The highest BCUT2D eigenvalue weighted by molar-refractivity contribution is 6.20. The van der Waals surface area contributed by atoms with Crippen molar-refractivity contribution in [2.24, 2.45) is 5.92 Å². The second-order valence-corrected chi connectivity index (χ2v) is 6.14. The molecular weight excluding hydrogens is 298 g/mol. The van der Waals surface area contributed by atoms with Crippen LogP contribution in [0.1, 0.15) is 31.0 Å².